The van der Waals surface area contributed by atoms with Crippen LogP contribution in [0.15, 0.2) is 36.4 Å². The summed E-state index contributed by atoms with van der Waals surface area (Å²) < 4.78 is 0. The summed E-state index contributed by atoms with van der Waals surface area (Å²) in [5.74, 6) is -0.964. The van der Waals surface area contributed by atoms with Gasteiger partial charge < -0.3 is 16.2 Å². The molecule has 5 N–H and O–H groups in total. The molecule has 2 rings (SSSR count). The first kappa shape index (κ1) is 17.7. The summed E-state index contributed by atoms with van der Waals surface area (Å²) in [7, 11) is 0. The van der Waals surface area contributed by atoms with E-state index < -0.39 is 28.6 Å². The number of nitrogens with two attached hydrogens (primary N) is 1. The number of anilines is 3. The molecule has 0 saturated carbocycles. The Morgan fingerprint density at radius 1 is 1.32 bits per heavy atom. The Hall–Kier alpha value is -3.69. The number of pyridine rings is 1. The van der Waals surface area contributed by atoms with Crippen LogP contribution in [-0.4, -0.2) is 32.9 Å². The van der Waals surface area contributed by atoms with Crippen LogP contribution in [0.5, 0.6) is 0 Å². The maximum atomic E-state index is 12.4. The van der Waals surface area contributed by atoms with E-state index in [1.54, 1.807) is 30.3 Å². The minimum atomic E-state index is -1.40. The van der Waals surface area contributed by atoms with Crippen molar-refractivity contribution >= 4 is 34.9 Å². The van der Waals surface area contributed by atoms with Gasteiger partial charge in [-0.2, -0.15) is 0 Å². The van der Waals surface area contributed by atoms with Gasteiger partial charge in [0.05, 0.1) is 11.0 Å². The second-order valence-electron chi connectivity index (χ2n) is 5.07. The molecule has 0 fully saturated rings. The van der Waals surface area contributed by atoms with Crippen LogP contribution in [-0.2, 0) is 0 Å². The molecule has 0 spiro atoms. The summed E-state index contributed by atoms with van der Waals surface area (Å²) >= 11 is 0. The summed E-state index contributed by atoms with van der Waals surface area (Å²) in [6.07, 6.45) is -1.40. The number of nitrogens with zero attached hydrogens (tertiary/aromatic N) is 2. The molecule has 1 atom stereocenters. The number of nitro groups is 1. The average molecular weight is 345 g/mol. The third kappa shape index (κ3) is 4.19. The van der Waals surface area contributed by atoms with Gasteiger partial charge in [0.1, 0.15) is 11.5 Å². The van der Waals surface area contributed by atoms with Crippen molar-refractivity contribution in [1.82, 2.24) is 4.98 Å². The molecule has 10 heteroatoms. The summed E-state index contributed by atoms with van der Waals surface area (Å²) in [5.41, 5.74) is 5.33. The summed E-state index contributed by atoms with van der Waals surface area (Å²) in [6, 6.07) is 8.68. The van der Waals surface area contributed by atoms with Gasteiger partial charge >= 0.3 is 11.8 Å². The quantitative estimate of drug-likeness (QED) is 0.352. The zero-order valence-corrected chi connectivity index (χ0v) is 13.1. The van der Waals surface area contributed by atoms with Crippen LogP contribution in [0.3, 0.4) is 0 Å². The highest BCUT2D eigenvalue weighted by Crippen LogP contribution is 2.32. The highest BCUT2D eigenvalue weighted by atomic mass is 16.6. The predicted octanol–water partition coefficient (Wildman–Crippen LogP) is 2.35. The molecular weight excluding hydrogens is 330 g/mol. The fourth-order valence-corrected chi connectivity index (χ4v) is 2.18. The van der Waals surface area contributed by atoms with Crippen molar-refractivity contribution in [3.05, 3.63) is 52.1 Å². The molecule has 1 heterocycles. The largest absolute Gasteiger partial charge is 0.465 e. The van der Waals surface area contributed by atoms with Gasteiger partial charge in [-0.1, -0.05) is 30.3 Å². The Labute approximate surface area is 141 Å². The Balaban J connectivity index is 2.36. The fraction of sp³-hybridized carbons (Fsp3) is 0.133. The van der Waals surface area contributed by atoms with E-state index in [0.717, 1.165) is 6.07 Å². The number of aromatic nitrogens is 1. The molecule has 130 valence electrons. The molecule has 25 heavy (non-hydrogen) atoms. The molecular formula is C15H15N5O5. The number of carboxylic acid groups (broad SMARTS) is 1. The van der Waals surface area contributed by atoms with Crippen molar-refractivity contribution in [2.24, 2.45) is 0 Å². The third-order valence-corrected chi connectivity index (χ3v) is 3.26. The van der Waals surface area contributed by atoms with E-state index >= 15 is 0 Å². The standard InChI is InChI=1S/C15H15N5O5/c1-8(13(21)9-5-3-2-4-6-9)17-10-7-11(19-15(22)23)18-14(16)12(10)20(24)25/h2-8H,1H3,(H,22,23)(H4,16,17,18,19)/t8-/m1/s1. The number of hydrogen-bond acceptors (Lipinski definition) is 7. The summed E-state index contributed by atoms with van der Waals surface area (Å²) in [6.45, 7) is 1.53. The second kappa shape index (κ2) is 7.25. The minimum absolute atomic E-state index is 0.113. The van der Waals surface area contributed by atoms with Gasteiger partial charge in [-0.25, -0.2) is 9.78 Å². The molecule has 0 aliphatic rings. The molecule has 0 saturated heterocycles. The lowest BCUT2D eigenvalue weighted by atomic mass is 10.1. The molecule has 2 aromatic rings. The van der Waals surface area contributed by atoms with Crippen molar-refractivity contribution in [1.29, 1.82) is 0 Å². The Morgan fingerprint density at radius 3 is 2.52 bits per heavy atom. The molecule has 1 amide bonds. The minimum Gasteiger partial charge on any atom is -0.465 e. The average Bonchev–Trinajstić information content (AvgIpc) is 2.53. The Kier molecular flexibility index (Phi) is 5.12. The first-order valence-corrected chi connectivity index (χ1v) is 7.10. The highest BCUT2D eigenvalue weighted by molar-refractivity contribution is 6.01. The predicted molar refractivity (Wildman–Crippen MR) is 90.8 cm³/mol. The number of hydrogen-bond donors (Lipinski definition) is 4. The number of carbonyl (C=O) groups is 2. The number of nitrogen functional groups attached to an aromatic ring is 1. The first-order valence-electron chi connectivity index (χ1n) is 7.10. The van der Waals surface area contributed by atoms with E-state index in [0.29, 0.717) is 5.56 Å². The van der Waals surface area contributed by atoms with Crippen LogP contribution in [0.1, 0.15) is 17.3 Å². The van der Waals surface area contributed by atoms with E-state index in [1.807, 2.05) is 5.32 Å². The van der Waals surface area contributed by atoms with Crippen molar-refractivity contribution in [3.63, 3.8) is 0 Å². The van der Waals surface area contributed by atoms with Gasteiger partial charge in [-0.3, -0.25) is 20.2 Å². The van der Waals surface area contributed by atoms with Crippen molar-refractivity contribution in [3.8, 4) is 0 Å². The summed E-state index contributed by atoms with van der Waals surface area (Å²) in [4.78, 5) is 37.2. The van der Waals surface area contributed by atoms with Crippen LogP contribution in [0, 0.1) is 10.1 Å². The van der Waals surface area contributed by atoms with Crippen molar-refractivity contribution in [2.45, 2.75) is 13.0 Å². The number of Topliss-reactive ketones (excluding diaryl/α,β-unsaturated/α-hetero) is 1. The zero-order chi connectivity index (χ0) is 18.6. The van der Waals surface area contributed by atoms with Gasteiger partial charge in [0, 0.05) is 11.6 Å². The molecule has 0 aliphatic carbocycles. The first-order chi connectivity index (χ1) is 11.8. The van der Waals surface area contributed by atoms with Gasteiger partial charge in [0.2, 0.25) is 5.82 Å². The molecule has 10 nitrogen and oxygen atoms in total. The Morgan fingerprint density at radius 2 is 1.96 bits per heavy atom. The number of rotatable bonds is 6. The van der Waals surface area contributed by atoms with Crippen LogP contribution in [0.25, 0.3) is 0 Å². The number of nitrogens with one attached hydrogen (secondary N) is 2. The second-order valence-corrected chi connectivity index (χ2v) is 5.07. The lowest BCUT2D eigenvalue weighted by molar-refractivity contribution is -0.383. The SMILES string of the molecule is C[C@@H](Nc1cc(NC(=O)O)nc(N)c1[N+](=O)[O-])C(=O)c1ccccc1. The van der Waals surface area contributed by atoms with Crippen LogP contribution < -0.4 is 16.4 Å². The molecule has 1 aromatic carbocycles. The van der Waals surface area contributed by atoms with Crippen LogP contribution >= 0.6 is 0 Å². The van der Waals surface area contributed by atoms with E-state index in [-0.39, 0.29) is 17.3 Å². The third-order valence-electron chi connectivity index (χ3n) is 3.26. The van der Waals surface area contributed by atoms with Gasteiger partial charge in [0.15, 0.2) is 5.78 Å². The molecule has 1 aromatic heterocycles. The maximum Gasteiger partial charge on any atom is 0.410 e. The molecule has 0 aliphatic heterocycles. The van der Waals surface area contributed by atoms with E-state index in [2.05, 4.69) is 10.3 Å². The lowest BCUT2D eigenvalue weighted by Crippen LogP contribution is -2.27. The van der Waals surface area contributed by atoms with Crippen molar-refractivity contribution < 1.29 is 19.6 Å². The number of carbonyl (C=O) groups excluding carboxylic acids is 1. The normalized spacial score (nSPS) is 11.4. The number of ketones is 1. The van der Waals surface area contributed by atoms with Gasteiger partial charge in [0.25, 0.3) is 0 Å². The molecule has 0 bridgehead atoms. The number of amides is 1. The smallest absolute Gasteiger partial charge is 0.410 e. The van der Waals surface area contributed by atoms with Crippen molar-refractivity contribution in [2.75, 3.05) is 16.4 Å². The van der Waals surface area contributed by atoms with Gasteiger partial charge in [-0.05, 0) is 6.92 Å². The zero-order valence-electron chi connectivity index (χ0n) is 13.1. The van der Waals surface area contributed by atoms with Gasteiger partial charge in [-0.15, -0.1) is 0 Å². The Bertz CT molecular complexity index is 825. The van der Waals surface area contributed by atoms with Crippen LogP contribution in [0.4, 0.5) is 27.8 Å². The highest BCUT2D eigenvalue weighted by Gasteiger charge is 2.25. The monoisotopic (exact) mass is 345 g/mol. The van der Waals surface area contributed by atoms with E-state index in [4.69, 9.17) is 10.8 Å². The topological polar surface area (TPSA) is 160 Å². The fourth-order valence-electron chi connectivity index (χ4n) is 2.18. The molecule has 0 radical (unpaired) electrons. The van der Waals surface area contributed by atoms with E-state index in [1.165, 1.54) is 6.92 Å². The molecule has 0 unspecified atom stereocenters. The van der Waals surface area contributed by atoms with Crippen LogP contribution in [0.2, 0.25) is 0 Å². The number of benzene rings is 1. The summed E-state index contributed by atoms with van der Waals surface area (Å²) in [5, 5.41) is 24.6. The maximum absolute atomic E-state index is 12.4. The lowest BCUT2D eigenvalue weighted by Gasteiger charge is -2.15. The van der Waals surface area contributed by atoms with E-state index in [9.17, 15) is 19.7 Å².